The number of ether oxygens (including phenoxy) is 1. The maximum atomic E-state index is 15.3. The van der Waals surface area contributed by atoms with Gasteiger partial charge in [0, 0.05) is 17.2 Å². The van der Waals surface area contributed by atoms with Crippen LogP contribution in [0.25, 0.3) is 11.3 Å². The summed E-state index contributed by atoms with van der Waals surface area (Å²) in [5.74, 6) is 0.617. The van der Waals surface area contributed by atoms with E-state index in [9.17, 15) is 0 Å². The molecule has 8 heteroatoms. The van der Waals surface area contributed by atoms with Gasteiger partial charge in [0.25, 0.3) is 0 Å². The molecule has 0 bridgehead atoms. The fourth-order valence-corrected chi connectivity index (χ4v) is 2.90. The van der Waals surface area contributed by atoms with Crippen LogP contribution in [-0.2, 0) is 0 Å². The molecule has 132 valence electrons. The predicted octanol–water partition coefficient (Wildman–Crippen LogP) is 3.30. The lowest BCUT2D eigenvalue weighted by molar-refractivity contribution is 0.378. The van der Waals surface area contributed by atoms with E-state index in [0.29, 0.717) is 5.69 Å². The SMILES string of the molecule is Nc1cnc(-c2ccc(C3CCC3)c(Oc3cc(N)ncn3)c2F)cn1. The van der Waals surface area contributed by atoms with Crippen molar-refractivity contribution in [3.63, 3.8) is 0 Å². The van der Waals surface area contributed by atoms with Crippen LogP contribution in [0.4, 0.5) is 16.0 Å². The molecule has 3 aromatic rings. The monoisotopic (exact) mass is 352 g/mol. The summed E-state index contributed by atoms with van der Waals surface area (Å²) in [7, 11) is 0. The first-order valence-corrected chi connectivity index (χ1v) is 8.27. The fourth-order valence-electron chi connectivity index (χ4n) is 2.90. The van der Waals surface area contributed by atoms with Crippen molar-refractivity contribution < 1.29 is 9.13 Å². The van der Waals surface area contributed by atoms with Crippen molar-refractivity contribution in [2.45, 2.75) is 25.2 Å². The highest BCUT2D eigenvalue weighted by Gasteiger charge is 2.27. The molecule has 0 atom stereocenters. The van der Waals surface area contributed by atoms with E-state index in [1.54, 1.807) is 6.07 Å². The van der Waals surface area contributed by atoms with E-state index < -0.39 is 5.82 Å². The maximum absolute atomic E-state index is 15.3. The molecule has 1 aliphatic rings. The van der Waals surface area contributed by atoms with Gasteiger partial charge in [-0.2, -0.15) is 0 Å². The lowest BCUT2D eigenvalue weighted by atomic mass is 9.79. The summed E-state index contributed by atoms with van der Waals surface area (Å²) in [6.07, 6.45) is 7.23. The minimum Gasteiger partial charge on any atom is -0.435 e. The molecule has 0 radical (unpaired) electrons. The summed E-state index contributed by atoms with van der Waals surface area (Å²) in [5.41, 5.74) is 12.7. The minimum absolute atomic E-state index is 0.143. The van der Waals surface area contributed by atoms with Gasteiger partial charge in [0.2, 0.25) is 5.88 Å². The molecule has 1 aromatic carbocycles. The summed E-state index contributed by atoms with van der Waals surface area (Å²) in [6.45, 7) is 0. The Balaban J connectivity index is 1.80. The van der Waals surface area contributed by atoms with Gasteiger partial charge >= 0.3 is 0 Å². The Kier molecular flexibility index (Phi) is 4.08. The van der Waals surface area contributed by atoms with Crippen LogP contribution in [0.5, 0.6) is 11.6 Å². The van der Waals surface area contributed by atoms with Crippen molar-refractivity contribution in [2.24, 2.45) is 0 Å². The molecule has 0 aliphatic heterocycles. The highest BCUT2D eigenvalue weighted by molar-refractivity contribution is 5.64. The Hall–Kier alpha value is -3.29. The molecule has 2 heterocycles. The van der Waals surface area contributed by atoms with E-state index in [4.69, 9.17) is 16.2 Å². The van der Waals surface area contributed by atoms with E-state index in [0.717, 1.165) is 24.8 Å². The van der Waals surface area contributed by atoms with Crippen molar-refractivity contribution >= 4 is 11.6 Å². The standard InChI is InChI=1S/C18H17FN6O/c19-17-12(13-7-23-15(21)8-22-13)5-4-11(10-2-1-3-10)18(17)26-16-6-14(20)24-9-25-16/h4-10H,1-3H2,(H2,21,23)(H2,20,24,25). The molecule has 0 unspecified atom stereocenters. The third kappa shape index (κ3) is 3.01. The van der Waals surface area contributed by atoms with Gasteiger partial charge in [-0.25, -0.2) is 19.3 Å². The van der Waals surface area contributed by atoms with E-state index in [-0.39, 0.29) is 34.7 Å². The third-order valence-electron chi connectivity index (χ3n) is 4.49. The second-order valence-electron chi connectivity index (χ2n) is 6.18. The van der Waals surface area contributed by atoms with Crippen molar-refractivity contribution in [2.75, 3.05) is 11.5 Å². The van der Waals surface area contributed by atoms with Crippen LogP contribution in [0.15, 0.2) is 36.9 Å². The lowest BCUT2D eigenvalue weighted by Crippen LogP contribution is -2.11. The molecule has 4 rings (SSSR count). The van der Waals surface area contributed by atoms with Gasteiger partial charge in [-0.3, -0.25) is 4.98 Å². The average Bonchev–Trinajstić information content (AvgIpc) is 2.58. The van der Waals surface area contributed by atoms with Crippen LogP contribution in [-0.4, -0.2) is 19.9 Å². The molecular formula is C18H17FN6O. The Morgan fingerprint density at radius 1 is 1.00 bits per heavy atom. The van der Waals surface area contributed by atoms with Crippen molar-refractivity contribution in [1.29, 1.82) is 0 Å². The fraction of sp³-hybridized carbons (Fsp3) is 0.222. The minimum atomic E-state index is -0.509. The molecule has 7 nitrogen and oxygen atoms in total. The van der Waals surface area contributed by atoms with Crippen LogP contribution < -0.4 is 16.2 Å². The number of anilines is 2. The zero-order chi connectivity index (χ0) is 18.1. The van der Waals surface area contributed by atoms with Crippen molar-refractivity contribution in [3.05, 3.63) is 48.3 Å². The number of halogens is 1. The number of hydrogen-bond acceptors (Lipinski definition) is 7. The molecule has 1 fully saturated rings. The number of hydrogen-bond donors (Lipinski definition) is 2. The predicted molar refractivity (Wildman–Crippen MR) is 94.9 cm³/mol. The van der Waals surface area contributed by atoms with Crippen molar-refractivity contribution in [3.8, 4) is 22.9 Å². The first-order valence-electron chi connectivity index (χ1n) is 8.27. The molecule has 26 heavy (non-hydrogen) atoms. The van der Waals surface area contributed by atoms with Crippen LogP contribution in [0.3, 0.4) is 0 Å². The second-order valence-corrected chi connectivity index (χ2v) is 6.18. The molecule has 0 saturated heterocycles. The molecule has 4 N–H and O–H groups in total. The average molecular weight is 352 g/mol. The topological polar surface area (TPSA) is 113 Å². The van der Waals surface area contributed by atoms with Gasteiger partial charge < -0.3 is 16.2 Å². The lowest BCUT2D eigenvalue weighted by Gasteiger charge is -2.28. The number of rotatable bonds is 4. The Bertz CT molecular complexity index is 943. The molecule has 1 saturated carbocycles. The van der Waals surface area contributed by atoms with Crippen molar-refractivity contribution in [1.82, 2.24) is 19.9 Å². The first-order chi connectivity index (χ1) is 12.6. The van der Waals surface area contributed by atoms with E-state index in [1.807, 2.05) is 6.07 Å². The van der Waals surface area contributed by atoms with Gasteiger partial charge in [-0.05, 0) is 24.8 Å². The summed E-state index contributed by atoms with van der Waals surface area (Å²) in [5, 5.41) is 0. The zero-order valence-electron chi connectivity index (χ0n) is 13.9. The largest absolute Gasteiger partial charge is 0.435 e. The number of benzene rings is 1. The van der Waals surface area contributed by atoms with E-state index in [1.165, 1.54) is 24.8 Å². The quantitative estimate of drug-likeness (QED) is 0.740. The smallest absolute Gasteiger partial charge is 0.224 e. The molecule has 0 spiro atoms. The van der Waals surface area contributed by atoms with E-state index >= 15 is 4.39 Å². The van der Waals surface area contributed by atoms with Crippen LogP contribution in [0, 0.1) is 5.82 Å². The summed E-state index contributed by atoms with van der Waals surface area (Å²) in [6, 6.07) is 5.03. The summed E-state index contributed by atoms with van der Waals surface area (Å²) < 4.78 is 21.1. The van der Waals surface area contributed by atoms with Crippen LogP contribution >= 0.6 is 0 Å². The summed E-state index contributed by atoms with van der Waals surface area (Å²) >= 11 is 0. The Morgan fingerprint density at radius 3 is 2.50 bits per heavy atom. The maximum Gasteiger partial charge on any atom is 0.224 e. The second kappa shape index (κ2) is 6.55. The van der Waals surface area contributed by atoms with E-state index in [2.05, 4.69) is 19.9 Å². The zero-order valence-corrected chi connectivity index (χ0v) is 13.9. The van der Waals surface area contributed by atoms with Gasteiger partial charge in [-0.15, -0.1) is 0 Å². The number of nitrogens with zero attached hydrogens (tertiary/aromatic N) is 4. The summed E-state index contributed by atoms with van der Waals surface area (Å²) in [4.78, 5) is 16.0. The molecule has 2 aromatic heterocycles. The van der Waals surface area contributed by atoms with Gasteiger partial charge in [0.1, 0.15) is 18.0 Å². The number of nitrogen functional groups attached to an aromatic ring is 2. The van der Waals surface area contributed by atoms with Gasteiger partial charge in [0.05, 0.1) is 18.1 Å². The Labute approximate surface area is 149 Å². The molecule has 0 amide bonds. The van der Waals surface area contributed by atoms with Gasteiger partial charge in [-0.1, -0.05) is 12.5 Å². The number of aromatic nitrogens is 4. The molecular weight excluding hydrogens is 335 g/mol. The molecule has 1 aliphatic carbocycles. The normalized spacial score (nSPS) is 14.0. The highest BCUT2D eigenvalue weighted by atomic mass is 19.1. The van der Waals surface area contributed by atoms with Crippen LogP contribution in [0.2, 0.25) is 0 Å². The third-order valence-corrected chi connectivity index (χ3v) is 4.49. The first kappa shape index (κ1) is 16.2. The van der Waals surface area contributed by atoms with Gasteiger partial charge in [0.15, 0.2) is 11.6 Å². The number of nitrogens with two attached hydrogens (primary N) is 2. The Morgan fingerprint density at radius 2 is 1.85 bits per heavy atom. The van der Waals surface area contributed by atoms with Crippen LogP contribution in [0.1, 0.15) is 30.7 Å². The highest BCUT2D eigenvalue weighted by Crippen LogP contribution is 2.44.